The Morgan fingerprint density at radius 3 is 2.47 bits per heavy atom. The number of aliphatic hydroxyl groups excluding tert-OH is 1. The molecule has 19 heavy (non-hydrogen) atoms. The lowest BCUT2D eigenvalue weighted by Crippen LogP contribution is -2.49. The van der Waals surface area contributed by atoms with Crippen LogP contribution in [-0.4, -0.2) is 47.8 Å². The summed E-state index contributed by atoms with van der Waals surface area (Å²) in [6.07, 6.45) is 6.50. The Morgan fingerprint density at radius 2 is 2.05 bits per heavy atom. The van der Waals surface area contributed by atoms with Gasteiger partial charge in [0, 0.05) is 18.1 Å². The Morgan fingerprint density at radius 1 is 1.37 bits per heavy atom. The molecule has 0 radical (unpaired) electrons. The van der Waals surface area contributed by atoms with Gasteiger partial charge < -0.3 is 15.3 Å². The molecular weight excluding hydrogens is 236 g/mol. The molecule has 1 aliphatic carbocycles. The van der Waals surface area contributed by atoms with Crippen LogP contribution in [-0.2, 0) is 0 Å². The lowest BCUT2D eigenvalue weighted by Gasteiger charge is -2.34. The number of hydrogen-bond donors (Lipinski definition) is 2. The fraction of sp³-hybridized carbons (Fsp3) is 1.00. The fourth-order valence-electron chi connectivity index (χ4n) is 3.01. The van der Waals surface area contributed by atoms with Crippen LogP contribution in [0.5, 0.6) is 0 Å². The smallest absolute Gasteiger partial charge is 0.0610 e. The van der Waals surface area contributed by atoms with Crippen LogP contribution in [0.4, 0.5) is 0 Å². The molecular formula is C16H34N2O. The molecule has 114 valence electrons. The largest absolute Gasteiger partial charge is 0.394 e. The zero-order chi connectivity index (χ0) is 14.3. The second-order valence-corrected chi connectivity index (χ2v) is 6.81. The van der Waals surface area contributed by atoms with Crippen LogP contribution < -0.4 is 5.32 Å². The molecule has 1 aliphatic rings. The average molecular weight is 270 g/mol. The van der Waals surface area contributed by atoms with Crippen molar-refractivity contribution in [2.75, 3.05) is 26.2 Å². The van der Waals surface area contributed by atoms with Crippen LogP contribution in [0.1, 0.15) is 59.8 Å². The Balaban J connectivity index is 2.24. The van der Waals surface area contributed by atoms with Crippen molar-refractivity contribution in [1.82, 2.24) is 10.2 Å². The van der Waals surface area contributed by atoms with E-state index in [4.69, 9.17) is 0 Å². The van der Waals surface area contributed by atoms with Gasteiger partial charge in [-0.05, 0) is 51.6 Å². The molecule has 0 bridgehead atoms. The summed E-state index contributed by atoms with van der Waals surface area (Å²) < 4.78 is 0. The SMILES string of the molecule is CCN(CCCC(C)(CO)NC(C)C)CC1CCC1. The molecule has 1 atom stereocenters. The molecule has 1 unspecified atom stereocenters. The highest BCUT2D eigenvalue weighted by atomic mass is 16.3. The zero-order valence-corrected chi connectivity index (χ0v) is 13.4. The lowest BCUT2D eigenvalue weighted by molar-refractivity contribution is 0.140. The van der Waals surface area contributed by atoms with Crippen LogP contribution in [0.25, 0.3) is 0 Å². The van der Waals surface area contributed by atoms with Gasteiger partial charge in [-0.15, -0.1) is 0 Å². The predicted molar refractivity (Wildman–Crippen MR) is 82.5 cm³/mol. The molecule has 1 saturated carbocycles. The van der Waals surface area contributed by atoms with Crippen molar-refractivity contribution in [1.29, 1.82) is 0 Å². The predicted octanol–water partition coefficient (Wildman–Crippen LogP) is 2.64. The molecule has 2 N–H and O–H groups in total. The molecule has 0 aromatic carbocycles. The minimum Gasteiger partial charge on any atom is -0.394 e. The Labute approximate surface area is 119 Å². The van der Waals surface area contributed by atoms with E-state index in [2.05, 4.69) is 37.9 Å². The number of rotatable bonds is 10. The number of aliphatic hydroxyl groups is 1. The van der Waals surface area contributed by atoms with Gasteiger partial charge in [0.15, 0.2) is 0 Å². The molecule has 0 spiro atoms. The number of nitrogens with one attached hydrogen (secondary N) is 1. The monoisotopic (exact) mass is 270 g/mol. The van der Waals surface area contributed by atoms with E-state index in [-0.39, 0.29) is 12.1 Å². The van der Waals surface area contributed by atoms with Crippen LogP contribution >= 0.6 is 0 Å². The summed E-state index contributed by atoms with van der Waals surface area (Å²) in [5.41, 5.74) is -0.121. The second kappa shape index (κ2) is 8.23. The summed E-state index contributed by atoms with van der Waals surface area (Å²) in [6, 6.07) is 0.425. The van der Waals surface area contributed by atoms with Crippen molar-refractivity contribution >= 4 is 0 Å². The number of nitrogens with zero attached hydrogens (tertiary/aromatic N) is 1. The molecule has 3 nitrogen and oxygen atoms in total. The van der Waals surface area contributed by atoms with Gasteiger partial charge in [-0.1, -0.05) is 27.2 Å². The third-order valence-electron chi connectivity index (χ3n) is 4.38. The quantitative estimate of drug-likeness (QED) is 0.640. The highest BCUT2D eigenvalue weighted by Crippen LogP contribution is 2.27. The lowest BCUT2D eigenvalue weighted by atomic mass is 9.85. The van der Waals surface area contributed by atoms with Crippen LogP contribution in [0.2, 0.25) is 0 Å². The molecule has 0 aromatic rings. The summed E-state index contributed by atoms with van der Waals surface area (Å²) in [5.74, 6) is 0.956. The Hall–Kier alpha value is -0.120. The second-order valence-electron chi connectivity index (χ2n) is 6.81. The van der Waals surface area contributed by atoms with Crippen molar-refractivity contribution < 1.29 is 5.11 Å². The van der Waals surface area contributed by atoms with Crippen LogP contribution in [0.15, 0.2) is 0 Å². The van der Waals surface area contributed by atoms with E-state index in [9.17, 15) is 5.11 Å². The first-order chi connectivity index (χ1) is 8.99. The molecule has 0 heterocycles. The van der Waals surface area contributed by atoms with Gasteiger partial charge in [0.25, 0.3) is 0 Å². The van der Waals surface area contributed by atoms with Gasteiger partial charge in [0.1, 0.15) is 0 Å². The Bertz CT molecular complexity index is 241. The van der Waals surface area contributed by atoms with Crippen LogP contribution in [0.3, 0.4) is 0 Å². The van der Waals surface area contributed by atoms with E-state index >= 15 is 0 Å². The van der Waals surface area contributed by atoms with Gasteiger partial charge in [-0.3, -0.25) is 0 Å². The van der Waals surface area contributed by atoms with E-state index in [1.54, 1.807) is 0 Å². The first-order valence-corrected chi connectivity index (χ1v) is 8.10. The van der Waals surface area contributed by atoms with Crippen molar-refractivity contribution in [3.8, 4) is 0 Å². The summed E-state index contributed by atoms with van der Waals surface area (Å²) in [5, 5.41) is 13.1. The maximum Gasteiger partial charge on any atom is 0.0610 e. The normalized spacial score (nSPS) is 19.7. The molecule has 0 saturated heterocycles. The van der Waals surface area contributed by atoms with Crippen molar-refractivity contribution in [2.45, 2.75) is 71.4 Å². The first-order valence-electron chi connectivity index (χ1n) is 8.10. The highest BCUT2D eigenvalue weighted by Gasteiger charge is 2.24. The van der Waals surface area contributed by atoms with E-state index in [1.165, 1.54) is 32.4 Å². The zero-order valence-electron chi connectivity index (χ0n) is 13.4. The third-order valence-corrected chi connectivity index (χ3v) is 4.38. The Kier molecular flexibility index (Phi) is 7.33. The van der Waals surface area contributed by atoms with Crippen molar-refractivity contribution in [2.24, 2.45) is 5.92 Å². The summed E-state index contributed by atoms with van der Waals surface area (Å²) >= 11 is 0. The molecule has 0 aromatic heterocycles. The summed E-state index contributed by atoms with van der Waals surface area (Å²) in [6.45, 7) is 12.5. The average Bonchev–Trinajstić information content (AvgIpc) is 2.30. The van der Waals surface area contributed by atoms with Crippen molar-refractivity contribution in [3.05, 3.63) is 0 Å². The van der Waals surface area contributed by atoms with E-state index < -0.39 is 0 Å². The van der Waals surface area contributed by atoms with Gasteiger partial charge >= 0.3 is 0 Å². The molecule has 3 heteroatoms. The summed E-state index contributed by atoms with van der Waals surface area (Å²) in [4.78, 5) is 2.58. The van der Waals surface area contributed by atoms with Gasteiger partial charge in [-0.25, -0.2) is 0 Å². The number of hydrogen-bond acceptors (Lipinski definition) is 3. The molecule has 1 fully saturated rings. The first kappa shape index (κ1) is 16.9. The highest BCUT2D eigenvalue weighted by molar-refractivity contribution is 4.84. The minimum atomic E-state index is -0.121. The minimum absolute atomic E-state index is 0.121. The van der Waals surface area contributed by atoms with Crippen LogP contribution in [0, 0.1) is 5.92 Å². The van der Waals surface area contributed by atoms with Gasteiger partial charge in [0.2, 0.25) is 0 Å². The fourth-order valence-corrected chi connectivity index (χ4v) is 3.01. The van der Waals surface area contributed by atoms with E-state index in [1.807, 2.05) is 0 Å². The molecule has 0 amide bonds. The van der Waals surface area contributed by atoms with E-state index in [0.29, 0.717) is 6.04 Å². The standard InChI is InChI=1S/C16H34N2O/c1-5-18(12-15-8-6-9-15)11-7-10-16(4,13-19)17-14(2)3/h14-15,17,19H,5-13H2,1-4H3. The summed E-state index contributed by atoms with van der Waals surface area (Å²) in [7, 11) is 0. The molecule has 0 aliphatic heterocycles. The molecule has 1 rings (SSSR count). The van der Waals surface area contributed by atoms with Gasteiger partial charge in [0.05, 0.1) is 6.61 Å². The van der Waals surface area contributed by atoms with Crippen molar-refractivity contribution in [3.63, 3.8) is 0 Å². The van der Waals surface area contributed by atoms with Gasteiger partial charge in [-0.2, -0.15) is 0 Å². The topological polar surface area (TPSA) is 35.5 Å². The maximum absolute atomic E-state index is 9.57. The third kappa shape index (κ3) is 6.24. The maximum atomic E-state index is 9.57. The van der Waals surface area contributed by atoms with E-state index in [0.717, 1.165) is 25.3 Å².